The number of terminal acetylenes is 1. The minimum atomic E-state index is -0.767. The van der Waals surface area contributed by atoms with Crippen molar-refractivity contribution in [3.63, 3.8) is 0 Å². The summed E-state index contributed by atoms with van der Waals surface area (Å²) in [5.74, 6) is 2.29. The summed E-state index contributed by atoms with van der Waals surface area (Å²) >= 11 is 0. The monoisotopic (exact) mass is 289 g/mol. The average Bonchev–Trinajstić information content (AvgIpc) is 2.36. The Balaban J connectivity index is 2.59. The fourth-order valence-electron chi connectivity index (χ4n) is 1.37. The van der Waals surface area contributed by atoms with E-state index in [4.69, 9.17) is 11.2 Å². The van der Waals surface area contributed by atoms with Crippen molar-refractivity contribution in [2.45, 2.75) is 39.3 Å². The van der Waals surface area contributed by atoms with Crippen LogP contribution in [0, 0.1) is 12.3 Å². The van der Waals surface area contributed by atoms with E-state index in [0.29, 0.717) is 11.5 Å². The molecule has 0 radical (unpaired) electrons. The van der Waals surface area contributed by atoms with Crippen LogP contribution in [-0.4, -0.2) is 28.6 Å². The molecule has 0 saturated heterocycles. The van der Waals surface area contributed by atoms with Crippen molar-refractivity contribution in [2.24, 2.45) is 0 Å². The van der Waals surface area contributed by atoms with E-state index in [1.807, 2.05) is 0 Å². The van der Waals surface area contributed by atoms with Crippen molar-refractivity contribution in [1.29, 1.82) is 0 Å². The molecule has 1 heterocycles. The number of hydrogen-bond acceptors (Lipinski definition) is 4. The molecule has 6 nitrogen and oxygen atoms in total. The Morgan fingerprint density at radius 1 is 1.38 bits per heavy atom. The molecule has 0 spiro atoms. The van der Waals surface area contributed by atoms with E-state index in [1.165, 1.54) is 0 Å². The first-order valence-electron chi connectivity index (χ1n) is 6.45. The molecule has 21 heavy (non-hydrogen) atoms. The molecule has 2 amide bonds. The molecule has 1 aromatic heterocycles. The Hall–Kier alpha value is -2.55. The molecular weight excluding hydrogens is 270 g/mol. The Morgan fingerprint density at radius 2 is 2.05 bits per heavy atom. The van der Waals surface area contributed by atoms with Crippen LogP contribution in [0.15, 0.2) is 18.2 Å². The van der Waals surface area contributed by atoms with E-state index < -0.39 is 23.6 Å². The van der Waals surface area contributed by atoms with E-state index in [1.54, 1.807) is 45.9 Å². The summed E-state index contributed by atoms with van der Waals surface area (Å²) < 4.78 is 5.07. The number of aromatic nitrogens is 1. The predicted octanol–water partition coefficient (Wildman–Crippen LogP) is 1.91. The van der Waals surface area contributed by atoms with E-state index in [-0.39, 0.29) is 0 Å². The van der Waals surface area contributed by atoms with Gasteiger partial charge in [-0.25, -0.2) is 9.78 Å². The van der Waals surface area contributed by atoms with Crippen molar-refractivity contribution >= 4 is 17.8 Å². The van der Waals surface area contributed by atoms with Crippen molar-refractivity contribution in [3.05, 3.63) is 23.9 Å². The lowest BCUT2D eigenvalue weighted by Gasteiger charge is -2.21. The molecule has 0 aliphatic carbocycles. The zero-order valence-corrected chi connectivity index (χ0v) is 12.6. The second-order valence-corrected chi connectivity index (χ2v) is 5.41. The molecule has 0 bridgehead atoms. The molecular formula is C15H19N3O3. The maximum atomic E-state index is 11.9. The first-order valence-corrected chi connectivity index (χ1v) is 6.45. The summed E-state index contributed by atoms with van der Waals surface area (Å²) in [5.41, 5.74) is -0.205. The van der Waals surface area contributed by atoms with Gasteiger partial charge >= 0.3 is 6.09 Å². The average molecular weight is 289 g/mol. The van der Waals surface area contributed by atoms with Gasteiger partial charge in [-0.1, -0.05) is 12.0 Å². The van der Waals surface area contributed by atoms with E-state index in [9.17, 15) is 9.59 Å². The fourth-order valence-corrected chi connectivity index (χ4v) is 1.37. The number of nitrogens with one attached hydrogen (secondary N) is 2. The second kappa shape index (κ2) is 6.75. The number of ether oxygens (including phenoxy) is 1. The van der Waals surface area contributed by atoms with Crippen molar-refractivity contribution in [1.82, 2.24) is 10.3 Å². The standard InChI is InChI=1S/C15H19N3O3/c1-6-11-8-7-9-12(17-11)18-13(19)10(2)16-14(20)21-15(3,4)5/h1,7-10H,2-5H3,(H,16,20)(H,17,18,19). The largest absolute Gasteiger partial charge is 0.444 e. The molecule has 6 heteroatoms. The summed E-state index contributed by atoms with van der Waals surface area (Å²) in [6.07, 6.45) is 4.58. The molecule has 0 aliphatic rings. The van der Waals surface area contributed by atoms with Gasteiger partial charge in [0.2, 0.25) is 5.91 Å². The highest BCUT2D eigenvalue weighted by atomic mass is 16.6. The van der Waals surface area contributed by atoms with Crippen LogP contribution >= 0.6 is 0 Å². The first-order chi connectivity index (χ1) is 9.71. The number of nitrogens with zero attached hydrogens (tertiary/aromatic N) is 1. The van der Waals surface area contributed by atoms with Gasteiger partial charge in [-0.15, -0.1) is 6.42 Å². The number of rotatable bonds is 3. The minimum absolute atomic E-state index is 0.327. The maximum absolute atomic E-state index is 11.9. The van der Waals surface area contributed by atoms with Crippen LogP contribution in [0.2, 0.25) is 0 Å². The smallest absolute Gasteiger partial charge is 0.408 e. The van der Waals surface area contributed by atoms with Gasteiger partial charge in [0.05, 0.1) is 0 Å². The van der Waals surface area contributed by atoms with Crippen molar-refractivity contribution < 1.29 is 14.3 Å². The van der Waals surface area contributed by atoms with Gasteiger partial charge in [0.25, 0.3) is 0 Å². The topological polar surface area (TPSA) is 80.3 Å². The quantitative estimate of drug-likeness (QED) is 0.833. The fraction of sp³-hybridized carbons (Fsp3) is 0.400. The summed E-state index contributed by atoms with van der Waals surface area (Å²) in [4.78, 5) is 27.6. The van der Waals surface area contributed by atoms with Crippen LogP contribution in [0.5, 0.6) is 0 Å². The molecule has 0 aromatic carbocycles. The summed E-state index contributed by atoms with van der Waals surface area (Å²) in [6.45, 7) is 6.77. The van der Waals surface area contributed by atoms with E-state index >= 15 is 0 Å². The molecule has 1 aromatic rings. The number of anilines is 1. The van der Waals surface area contributed by atoms with Gasteiger partial charge in [0.1, 0.15) is 23.2 Å². The minimum Gasteiger partial charge on any atom is -0.444 e. The van der Waals surface area contributed by atoms with Crippen LogP contribution in [0.25, 0.3) is 0 Å². The van der Waals surface area contributed by atoms with Gasteiger partial charge < -0.3 is 15.4 Å². The Morgan fingerprint density at radius 3 is 2.62 bits per heavy atom. The Kier molecular flexibility index (Phi) is 5.30. The summed E-state index contributed by atoms with van der Waals surface area (Å²) in [5, 5.41) is 5.01. The third-order valence-corrected chi connectivity index (χ3v) is 2.27. The summed E-state index contributed by atoms with van der Waals surface area (Å²) in [7, 11) is 0. The lowest BCUT2D eigenvalue weighted by molar-refractivity contribution is -0.117. The lowest BCUT2D eigenvalue weighted by atomic mass is 10.2. The summed E-state index contributed by atoms with van der Waals surface area (Å²) in [6, 6.07) is 4.18. The van der Waals surface area contributed by atoms with Crippen LogP contribution in [0.3, 0.4) is 0 Å². The van der Waals surface area contributed by atoms with Gasteiger partial charge in [0, 0.05) is 0 Å². The Labute approximate surface area is 124 Å². The van der Waals surface area contributed by atoms with Crippen LogP contribution < -0.4 is 10.6 Å². The van der Waals surface area contributed by atoms with Crippen molar-refractivity contribution in [2.75, 3.05) is 5.32 Å². The molecule has 1 atom stereocenters. The number of carbonyl (C=O) groups excluding carboxylic acids is 2. The van der Waals surface area contributed by atoms with Gasteiger partial charge in [0.15, 0.2) is 0 Å². The number of hydrogen-bond donors (Lipinski definition) is 2. The third-order valence-electron chi connectivity index (χ3n) is 2.27. The number of carbonyl (C=O) groups is 2. The van der Waals surface area contributed by atoms with Crippen LogP contribution in [0.1, 0.15) is 33.4 Å². The molecule has 112 valence electrons. The predicted molar refractivity (Wildman–Crippen MR) is 79.6 cm³/mol. The zero-order chi connectivity index (χ0) is 16.0. The van der Waals surface area contributed by atoms with Gasteiger partial charge in [-0.2, -0.15) is 0 Å². The number of amides is 2. The molecule has 0 fully saturated rings. The molecule has 0 aliphatic heterocycles. The molecule has 1 unspecified atom stereocenters. The van der Waals surface area contributed by atoms with Gasteiger partial charge in [-0.3, -0.25) is 4.79 Å². The third kappa shape index (κ3) is 5.95. The molecule has 2 N–H and O–H groups in total. The van der Waals surface area contributed by atoms with Crippen LogP contribution in [0.4, 0.5) is 10.6 Å². The van der Waals surface area contributed by atoms with Gasteiger partial charge in [-0.05, 0) is 39.8 Å². The highest BCUT2D eigenvalue weighted by molar-refractivity contribution is 5.95. The first kappa shape index (κ1) is 16.5. The highest BCUT2D eigenvalue weighted by Gasteiger charge is 2.21. The Bertz CT molecular complexity index is 570. The number of pyridine rings is 1. The normalized spacial score (nSPS) is 12.0. The van der Waals surface area contributed by atoms with E-state index in [2.05, 4.69) is 21.5 Å². The lowest BCUT2D eigenvalue weighted by Crippen LogP contribution is -2.44. The van der Waals surface area contributed by atoms with E-state index in [0.717, 1.165) is 0 Å². The zero-order valence-electron chi connectivity index (χ0n) is 12.6. The van der Waals surface area contributed by atoms with Crippen molar-refractivity contribution in [3.8, 4) is 12.3 Å². The number of alkyl carbamates (subject to hydrolysis) is 1. The van der Waals surface area contributed by atoms with Crippen LogP contribution in [-0.2, 0) is 9.53 Å². The SMILES string of the molecule is C#Cc1cccc(NC(=O)C(C)NC(=O)OC(C)(C)C)n1. The molecule has 0 saturated carbocycles. The second-order valence-electron chi connectivity index (χ2n) is 5.41. The molecule has 1 rings (SSSR count). The maximum Gasteiger partial charge on any atom is 0.408 e. The highest BCUT2D eigenvalue weighted by Crippen LogP contribution is 2.07.